The van der Waals surface area contributed by atoms with Crippen LogP contribution >= 0.6 is 0 Å². The van der Waals surface area contributed by atoms with Crippen molar-refractivity contribution in [3.8, 4) is 6.07 Å². The third-order valence-electron chi connectivity index (χ3n) is 3.96. The number of nitriles is 1. The second kappa shape index (κ2) is 7.15. The molecule has 0 saturated carbocycles. The van der Waals surface area contributed by atoms with E-state index in [4.69, 9.17) is 5.26 Å². The molecule has 2 heterocycles. The molecule has 150 valence electrons. The van der Waals surface area contributed by atoms with E-state index in [1.165, 1.54) is 31.3 Å². The van der Waals surface area contributed by atoms with Gasteiger partial charge in [0.1, 0.15) is 16.3 Å². The number of fused-ring (bicyclic) bond motifs is 1. The number of aromatic amines is 1. The van der Waals surface area contributed by atoms with Crippen LogP contribution in [0, 0.1) is 11.3 Å². The molecule has 0 aliphatic rings. The van der Waals surface area contributed by atoms with Gasteiger partial charge in [0, 0.05) is 18.9 Å². The van der Waals surface area contributed by atoms with E-state index in [1.807, 2.05) is 0 Å². The van der Waals surface area contributed by atoms with Gasteiger partial charge in [0.05, 0.1) is 16.4 Å². The Morgan fingerprint density at radius 3 is 2.41 bits per heavy atom. The fourth-order valence-corrected chi connectivity index (χ4v) is 4.39. The van der Waals surface area contributed by atoms with Gasteiger partial charge < -0.3 is 0 Å². The summed E-state index contributed by atoms with van der Waals surface area (Å²) in [6.07, 6.45) is 0.995. The summed E-state index contributed by atoms with van der Waals surface area (Å²) in [5.74, 6) is -0.697. The number of sulfone groups is 1. The maximum absolute atomic E-state index is 12.6. The second-order valence-corrected chi connectivity index (χ2v) is 9.58. The highest BCUT2D eigenvalue weighted by atomic mass is 32.2. The van der Waals surface area contributed by atoms with Crippen LogP contribution in [0.1, 0.15) is 0 Å². The summed E-state index contributed by atoms with van der Waals surface area (Å²) in [6, 6.07) is 7.43. The van der Waals surface area contributed by atoms with Crippen molar-refractivity contribution < 1.29 is 16.8 Å². The highest BCUT2D eigenvalue weighted by Gasteiger charge is 2.19. The predicted molar refractivity (Wildman–Crippen MR) is 103 cm³/mol. The Morgan fingerprint density at radius 2 is 1.79 bits per heavy atom. The topological polar surface area (TPSA) is 172 Å². The molecule has 1 aromatic carbocycles. The number of H-pyrrole nitrogens is 1. The van der Waals surface area contributed by atoms with E-state index >= 15 is 0 Å². The molecule has 3 rings (SSSR count). The van der Waals surface area contributed by atoms with Gasteiger partial charge >= 0.3 is 5.69 Å². The SMILES string of the molecule is Cn1c(=O)[nH]c(=O)c2cc(S(=O)(=O)Nc3ccc(S(=O)(=O)CC#N)cc3)cnc21. The average Bonchev–Trinajstić information content (AvgIpc) is 2.66. The molecule has 0 unspecified atom stereocenters. The summed E-state index contributed by atoms with van der Waals surface area (Å²) in [7, 11) is -6.55. The summed E-state index contributed by atoms with van der Waals surface area (Å²) >= 11 is 0. The maximum Gasteiger partial charge on any atom is 0.329 e. The number of aromatic nitrogens is 3. The van der Waals surface area contributed by atoms with Gasteiger partial charge in [-0.05, 0) is 30.3 Å². The number of benzene rings is 1. The van der Waals surface area contributed by atoms with E-state index in [9.17, 15) is 26.4 Å². The maximum atomic E-state index is 12.6. The molecule has 13 heteroatoms. The molecule has 0 bridgehead atoms. The van der Waals surface area contributed by atoms with E-state index in [2.05, 4.69) is 14.7 Å². The van der Waals surface area contributed by atoms with Crippen LogP contribution in [0.25, 0.3) is 11.0 Å². The lowest BCUT2D eigenvalue weighted by molar-refractivity contribution is 0.598. The number of nitrogens with zero attached hydrogens (tertiary/aromatic N) is 3. The van der Waals surface area contributed by atoms with Gasteiger partial charge in [-0.25, -0.2) is 26.6 Å². The Kier molecular flexibility index (Phi) is 4.99. The van der Waals surface area contributed by atoms with Crippen LogP contribution in [-0.2, 0) is 26.9 Å². The standard InChI is InChI=1S/C16H13N5O6S2/c1-21-14-13(15(22)19-16(21)23)8-12(9-18-14)29(26,27)20-10-2-4-11(5-3-10)28(24,25)7-6-17/h2-5,8-9,20H,7H2,1H3,(H,19,22,23). The monoisotopic (exact) mass is 435 g/mol. The molecule has 11 nitrogen and oxygen atoms in total. The van der Waals surface area contributed by atoms with Crippen molar-refractivity contribution in [2.24, 2.45) is 7.05 Å². The lowest BCUT2D eigenvalue weighted by Gasteiger charge is -2.10. The number of hydrogen-bond donors (Lipinski definition) is 2. The summed E-state index contributed by atoms with van der Waals surface area (Å²) < 4.78 is 52.2. The van der Waals surface area contributed by atoms with Crippen molar-refractivity contribution in [2.75, 3.05) is 10.5 Å². The van der Waals surface area contributed by atoms with E-state index < -0.39 is 36.9 Å². The van der Waals surface area contributed by atoms with E-state index in [1.54, 1.807) is 6.07 Å². The molecular weight excluding hydrogens is 422 g/mol. The lowest BCUT2D eigenvalue weighted by atomic mass is 10.3. The smallest absolute Gasteiger partial charge is 0.281 e. The largest absolute Gasteiger partial charge is 0.329 e. The van der Waals surface area contributed by atoms with Gasteiger partial charge in [-0.1, -0.05) is 0 Å². The van der Waals surface area contributed by atoms with E-state index in [-0.39, 0.29) is 26.5 Å². The summed E-state index contributed by atoms with van der Waals surface area (Å²) in [6.45, 7) is 0. The Hall–Kier alpha value is -3.50. The third-order valence-corrected chi connectivity index (χ3v) is 6.81. The zero-order valence-electron chi connectivity index (χ0n) is 14.8. The quantitative estimate of drug-likeness (QED) is 0.550. The fraction of sp³-hybridized carbons (Fsp3) is 0.125. The van der Waals surface area contributed by atoms with Crippen LogP contribution in [0.5, 0.6) is 0 Å². The van der Waals surface area contributed by atoms with Crippen molar-refractivity contribution in [1.29, 1.82) is 5.26 Å². The Labute approximate surface area is 164 Å². The molecule has 2 N–H and O–H groups in total. The van der Waals surface area contributed by atoms with Gasteiger partial charge in [-0.15, -0.1) is 0 Å². The molecule has 0 atom stereocenters. The van der Waals surface area contributed by atoms with E-state index in [0.29, 0.717) is 0 Å². The first-order valence-electron chi connectivity index (χ1n) is 7.87. The van der Waals surface area contributed by atoms with Crippen LogP contribution in [0.3, 0.4) is 0 Å². The molecule has 0 spiro atoms. The molecule has 0 aliphatic carbocycles. The highest BCUT2D eigenvalue weighted by Crippen LogP contribution is 2.20. The molecule has 0 saturated heterocycles. The zero-order valence-corrected chi connectivity index (χ0v) is 16.4. The molecule has 2 aromatic heterocycles. The minimum Gasteiger partial charge on any atom is -0.281 e. The van der Waals surface area contributed by atoms with Gasteiger partial charge in [0.25, 0.3) is 15.6 Å². The predicted octanol–water partition coefficient (Wildman–Crippen LogP) is -0.280. The highest BCUT2D eigenvalue weighted by molar-refractivity contribution is 7.92. The molecule has 0 amide bonds. The van der Waals surface area contributed by atoms with Gasteiger partial charge in [0.2, 0.25) is 0 Å². The minimum atomic E-state index is -4.16. The average molecular weight is 435 g/mol. The number of aryl methyl sites for hydroxylation is 1. The van der Waals surface area contributed by atoms with Crippen molar-refractivity contribution in [3.63, 3.8) is 0 Å². The second-order valence-electron chi connectivity index (χ2n) is 5.91. The number of pyridine rings is 1. The molecular formula is C16H13N5O6S2. The number of hydrogen-bond acceptors (Lipinski definition) is 8. The van der Waals surface area contributed by atoms with E-state index in [0.717, 1.165) is 16.8 Å². The van der Waals surface area contributed by atoms with Crippen LogP contribution in [0.15, 0.2) is 55.9 Å². The van der Waals surface area contributed by atoms with Crippen LogP contribution in [0.4, 0.5) is 5.69 Å². The van der Waals surface area contributed by atoms with Crippen molar-refractivity contribution in [1.82, 2.24) is 14.5 Å². The van der Waals surface area contributed by atoms with Crippen LogP contribution in [-0.4, -0.2) is 37.1 Å². The molecule has 29 heavy (non-hydrogen) atoms. The molecule has 3 aromatic rings. The van der Waals surface area contributed by atoms with Crippen molar-refractivity contribution in [3.05, 3.63) is 57.4 Å². The lowest BCUT2D eigenvalue weighted by Crippen LogP contribution is -2.29. The molecule has 0 aliphatic heterocycles. The van der Waals surface area contributed by atoms with Crippen LogP contribution < -0.4 is 16.0 Å². The van der Waals surface area contributed by atoms with Gasteiger partial charge in [-0.3, -0.25) is 19.1 Å². The number of anilines is 1. The minimum absolute atomic E-state index is 0.0183. The summed E-state index contributed by atoms with van der Waals surface area (Å²) in [5.41, 5.74) is -1.38. The third kappa shape index (κ3) is 3.89. The molecule has 0 radical (unpaired) electrons. The van der Waals surface area contributed by atoms with Crippen LogP contribution in [0.2, 0.25) is 0 Å². The Morgan fingerprint density at radius 1 is 1.14 bits per heavy atom. The van der Waals surface area contributed by atoms with Gasteiger partial charge in [0.15, 0.2) is 9.84 Å². The first-order valence-corrected chi connectivity index (χ1v) is 11.0. The zero-order chi connectivity index (χ0) is 21.4. The Balaban J connectivity index is 1.97. The number of sulfonamides is 1. The summed E-state index contributed by atoms with van der Waals surface area (Å²) in [4.78, 5) is 29.1. The first kappa shape index (κ1) is 20.2. The van der Waals surface area contributed by atoms with Crippen molar-refractivity contribution in [2.45, 2.75) is 9.79 Å². The normalized spacial score (nSPS) is 11.9. The number of nitrogens with one attached hydrogen (secondary N) is 2. The Bertz CT molecular complexity index is 1480. The van der Waals surface area contributed by atoms with Crippen molar-refractivity contribution >= 4 is 36.6 Å². The summed E-state index contributed by atoms with van der Waals surface area (Å²) in [5, 5.41) is 8.46. The number of rotatable bonds is 5. The first-order chi connectivity index (χ1) is 13.5. The fourth-order valence-electron chi connectivity index (χ4n) is 2.48. The van der Waals surface area contributed by atoms with Gasteiger partial charge in [-0.2, -0.15) is 5.26 Å². The molecule has 0 fully saturated rings.